The van der Waals surface area contributed by atoms with E-state index in [4.69, 9.17) is 0 Å². The number of hydrogen-bond acceptors (Lipinski definition) is 2. The third-order valence-corrected chi connectivity index (χ3v) is 3.55. The van der Waals surface area contributed by atoms with Crippen molar-refractivity contribution in [3.8, 4) is 0 Å². The second-order valence-corrected chi connectivity index (χ2v) is 5.45. The van der Waals surface area contributed by atoms with E-state index in [-0.39, 0.29) is 6.42 Å². The summed E-state index contributed by atoms with van der Waals surface area (Å²) in [5.41, 5.74) is 1.03. The number of hydrogen-bond donors (Lipinski definition) is 1. The van der Waals surface area contributed by atoms with Crippen LogP contribution in [0.2, 0.25) is 0 Å². The molecule has 1 N–H and O–H groups in total. The van der Waals surface area contributed by atoms with Crippen LogP contribution in [-0.2, 0) is 13.0 Å². The minimum absolute atomic E-state index is 0.128. The molecule has 1 atom stereocenters. The van der Waals surface area contributed by atoms with Gasteiger partial charge in [0.1, 0.15) is 17.7 Å². The van der Waals surface area contributed by atoms with Gasteiger partial charge in [-0.1, -0.05) is 6.92 Å². The molecule has 0 fully saturated rings. The Bertz CT molecular complexity index is 581. The molecule has 0 saturated carbocycles. The number of halogens is 3. The molecule has 1 heterocycles. The first-order valence-electron chi connectivity index (χ1n) is 6.35. The molecule has 20 heavy (non-hydrogen) atoms. The minimum Gasteiger partial charge on any atom is -0.386 e. The Morgan fingerprint density at radius 1 is 1.30 bits per heavy atom. The van der Waals surface area contributed by atoms with Gasteiger partial charge in [0.15, 0.2) is 0 Å². The summed E-state index contributed by atoms with van der Waals surface area (Å²) < 4.78 is 28.7. The second-order valence-electron chi connectivity index (χ2n) is 4.60. The van der Waals surface area contributed by atoms with Crippen molar-refractivity contribution in [2.24, 2.45) is 0 Å². The standard InChI is InChI=1S/C14H15BrF2N2O/c1-2-3-19-14(12(15)8-18-19)13(20)6-9-4-10(16)7-11(17)5-9/h4-5,7-8,13,20H,2-3,6H2,1H3. The number of aryl methyl sites for hydroxylation is 1. The Morgan fingerprint density at radius 3 is 2.55 bits per heavy atom. The first-order valence-corrected chi connectivity index (χ1v) is 7.14. The number of nitrogens with zero attached hydrogens (tertiary/aromatic N) is 2. The summed E-state index contributed by atoms with van der Waals surface area (Å²) in [4.78, 5) is 0. The van der Waals surface area contributed by atoms with Crippen LogP contribution in [0.3, 0.4) is 0 Å². The van der Waals surface area contributed by atoms with Crippen LogP contribution in [-0.4, -0.2) is 14.9 Å². The molecule has 0 spiro atoms. The molecule has 1 aromatic carbocycles. The van der Waals surface area contributed by atoms with E-state index in [1.165, 1.54) is 12.1 Å². The van der Waals surface area contributed by atoms with Crippen LogP contribution in [0.1, 0.15) is 30.7 Å². The molecule has 1 unspecified atom stereocenters. The molecule has 0 aliphatic heterocycles. The molecule has 0 aliphatic rings. The Kier molecular flexibility index (Phi) is 4.88. The van der Waals surface area contributed by atoms with Crippen LogP contribution in [0.5, 0.6) is 0 Å². The zero-order valence-electron chi connectivity index (χ0n) is 11.0. The van der Waals surface area contributed by atoms with Gasteiger partial charge in [-0.25, -0.2) is 8.78 Å². The van der Waals surface area contributed by atoms with Crippen molar-refractivity contribution in [3.63, 3.8) is 0 Å². The lowest BCUT2D eigenvalue weighted by Gasteiger charge is -2.14. The maximum atomic E-state index is 13.2. The van der Waals surface area contributed by atoms with Gasteiger partial charge in [0.25, 0.3) is 0 Å². The molecular weight excluding hydrogens is 330 g/mol. The fraction of sp³-hybridized carbons (Fsp3) is 0.357. The quantitative estimate of drug-likeness (QED) is 0.899. The van der Waals surface area contributed by atoms with Gasteiger partial charge >= 0.3 is 0 Å². The maximum Gasteiger partial charge on any atom is 0.126 e. The lowest BCUT2D eigenvalue weighted by atomic mass is 10.1. The van der Waals surface area contributed by atoms with Gasteiger partial charge in [-0.15, -0.1) is 0 Å². The van der Waals surface area contributed by atoms with Gasteiger partial charge in [0.2, 0.25) is 0 Å². The van der Waals surface area contributed by atoms with E-state index in [0.717, 1.165) is 12.5 Å². The third-order valence-electron chi connectivity index (χ3n) is 2.94. The van der Waals surface area contributed by atoms with Crippen LogP contribution in [0.25, 0.3) is 0 Å². The Balaban J connectivity index is 2.23. The molecule has 3 nitrogen and oxygen atoms in total. The second kappa shape index (κ2) is 6.45. The zero-order chi connectivity index (χ0) is 14.7. The van der Waals surface area contributed by atoms with Crippen molar-refractivity contribution in [2.75, 3.05) is 0 Å². The van der Waals surface area contributed by atoms with E-state index < -0.39 is 17.7 Å². The minimum atomic E-state index is -0.875. The Hall–Kier alpha value is -1.27. The molecule has 0 aliphatic carbocycles. The monoisotopic (exact) mass is 344 g/mol. The van der Waals surface area contributed by atoms with Crippen molar-refractivity contribution in [1.29, 1.82) is 0 Å². The summed E-state index contributed by atoms with van der Waals surface area (Å²) in [5.74, 6) is -1.29. The van der Waals surface area contributed by atoms with Gasteiger partial charge in [-0.05, 0) is 40.0 Å². The number of benzene rings is 1. The SMILES string of the molecule is CCCn1ncc(Br)c1C(O)Cc1cc(F)cc(F)c1. The zero-order valence-corrected chi connectivity index (χ0v) is 12.6. The van der Waals surface area contributed by atoms with Gasteiger partial charge in [-0.2, -0.15) is 5.10 Å². The highest BCUT2D eigenvalue weighted by Gasteiger charge is 2.18. The highest BCUT2D eigenvalue weighted by Crippen LogP contribution is 2.26. The lowest BCUT2D eigenvalue weighted by Crippen LogP contribution is -2.12. The van der Waals surface area contributed by atoms with E-state index in [1.807, 2.05) is 6.92 Å². The number of aliphatic hydroxyl groups is 1. The summed E-state index contributed by atoms with van der Waals surface area (Å²) in [6, 6.07) is 3.26. The van der Waals surface area contributed by atoms with Crippen molar-refractivity contribution >= 4 is 15.9 Å². The van der Waals surface area contributed by atoms with Crippen LogP contribution in [0.15, 0.2) is 28.9 Å². The molecular formula is C14H15BrF2N2O. The van der Waals surface area contributed by atoms with Crippen molar-refractivity contribution < 1.29 is 13.9 Å². The highest BCUT2D eigenvalue weighted by atomic mass is 79.9. The van der Waals surface area contributed by atoms with Gasteiger partial charge in [0, 0.05) is 19.0 Å². The maximum absolute atomic E-state index is 13.2. The van der Waals surface area contributed by atoms with Gasteiger partial charge in [0.05, 0.1) is 16.4 Å². The third kappa shape index (κ3) is 3.43. The fourth-order valence-electron chi connectivity index (χ4n) is 2.14. The molecule has 0 radical (unpaired) electrons. The molecule has 2 aromatic rings. The average molecular weight is 345 g/mol. The first kappa shape index (κ1) is 15.1. The summed E-state index contributed by atoms with van der Waals surface area (Å²) in [6.45, 7) is 2.68. The number of rotatable bonds is 5. The van der Waals surface area contributed by atoms with Crippen molar-refractivity contribution in [2.45, 2.75) is 32.4 Å². The lowest BCUT2D eigenvalue weighted by molar-refractivity contribution is 0.165. The van der Waals surface area contributed by atoms with E-state index in [1.54, 1.807) is 10.9 Å². The van der Waals surface area contributed by atoms with Crippen LogP contribution in [0, 0.1) is 11.6 Å². The van der Waals surface area contributed by atoms with Crippen molar-refractivity contribution in [1.82, 2.24) is 9.78 Å². The first-order chi connectivity index (χ1) is 9.51. The summed E-state index contributed by atoms with van der Waals surface area (Å²) in [7, 11) is 0. The fourth-order valence-corrected chi connectivity index (χ4v) is 2.70. The molecule has 0 bridgehead atoms. The predicted octanol–water partition coefficient (Wildman–Crippen LogP) is 3.61. The summed E-state index contributed by atoms with van der Waals surface area (Å²) >= 11 is 3.34. The molecule has 1 aromatic heterocycles. The van der Waals surface area contributed by atoms with E-state index in [9.17, 15) is 13.9 Å². The van der Waals surface area contributed by atoms with E-state index >= 15 is 0 Å². The normalized spacial score (nSPS) is 12.7. The highest BCUT2D eigenvalue weighted by molar-refractivity contribution is 9.10. The topological polar surface area (TPSA) is 38.0 Å². The molecule has 0 saturated heterocycles. The van der Waals surface area contributed by atoms with Crippen LogP contribution in [0.4, 0.5) is 8.78 Å². The van der Waals surface area contributed by atoms with Gasteiger partial charge in [-0.3, -0.25) is 4.68 Å². The van der Waals surface area contributed by atoms with Crippen LogP contribution >= 0.6 is 15.9 Å². The summed E-state index contributed by atoms with van der Waals surface area (Å²) in [6.07, 6.45) is 1.74. The summed E-state index contributed by atoms with van der Waals surface area (Å²) in [5, 5.41) is 14.5. The van der Waals surface area contributed by atoms with E-state index in [2.05, 4.69) is 21.0 Å². The Labute approximate surface area is 124 Å². The largest absolute Gasteiger partial charge is 0.386 e. The molecule has 2 rings (SSSR count). The van der Waals surface area contributed by atoms with Crippen LogP contribution < -0.4 is 0 Å². The number of aromatic nitrogens is 2. The smallest absolute Gasteiger partial charge is 0.126 e. The Morgan fingerprint density at radius 2 is 1.95 bits per heavy atom. The molecule has 6 heteroatoms. The number of aliphatic hydroxyl groups excluding tert-OH is 1. The average Bonchev–Trinajstić information content (AvgIpc) is 2.69. The predicted molar refractivity (Wildman–Crippen MR) is 75.2 cm³/mol. The molecule has 0 amide bonds. The van der Waals surface area contributed by atoms with E-state index in [0.29, 0.717) is 22.3 Å². The van der Waals surface area contributed by atoms with Crippen molar-refractivity contribution in [3.05, 3.63) is 51.8 Å². The molecule has 108 valence electrons. The van der Waals surface area contributed by atoms with Gasteiger partial charge < -0.3 is 5.11 Å².